The molecule has 0 saturated carbocycles. The molecule has 1 aromatic carbocycles. The number of rotatable bonds is 15. The molecule has 0 bridgehead atoms. The van der Waals surface area contributed by atoms with Crippen LogP contribution in [-0.4, -0.2) is 49.6 Å². The molecule has 0 aromatic heterocycles. The second-order valence-electron chi connectivity index (χ2n) is 9.09. The molecular weight excluding hydrogens is 496 g/mol. The number of carbonyl (C=O) groups is 2. The number of methoxy groups -OCH3 is 1. The Morgan fingerprint density at radius 1 is 1.09 bits per heavy atom. The molecular formula is C27H43BrN2O4. The van der Waals surface area contributed by atoms with Crippen LogP contribution in [0.25, 0.3) is 0 Å². The van der Waals surface area contributed by atoms with Crippen molar-refractivity contribution in [2.24, 2.45) is 0 Å². The Kier molecular flexibility index (Phi) is 13.0. The largest absolute Gasteiger partial charge is 0.495 e. The summed E-state index contributed by atoms with van der Waals surface area (Å²) < 4.78 is 12.1. The van der Waals surface area contributed by atoms with E-state index < -0.39 is 0 Å². The van der Waals surface area contributed by atoms with Crippen LogP contribution in [0.15, 0.2) is 10.5 Å². The molecule has 2 rings (SSSR count). The lowest BCUT2D eigenvalue weighted by Gasteiger charge is -2.24. The van der Waals surface area contributed by atoms with Gasteiger partial charge in [-0.05, 0) is 66.3 Å². The number of likely N-dealkylation sites (tertiary alicyclic amines) is 1. The van der Waals surface area contributed by atoms with Crippen molar-refractivity contribution in [1.29, 1.82) is 0 Å². The molecule has 1 aliphatic heterocycles. The summed E-state index contributed by atoms with van der Waals surface area (Å²) >= 11 is 3.53. The van der Waals surface area contributed by atoms with Crippen molar-refractivity contribution >= 4 is 27.8 Å². The van der Waals surface area contributed by atoms with Gasteiger partial charge in [0.1, 0.15) is 11.3 Å². The number of hydrogen-bond acceptors (Lipinski definition) is 5. The Labute approximate surface area is 214 Å². The molecule has 0 spiro atoms. The molecule has 1 amide bonds. The van der Waals surface area contributed by atoms with E-state index in [4.69, 9.17) is 9.47 Å². The number of halogens is 1. The number of hydrogen-bond donors (Lipinski definition) is 1. The van der Waals surface area contributed by atoms with Crippen molar-refractivity contribution in [3.05, 3.63) is 21.7 Å². The van der Waals surface area contributed by atoms with Crippen molar-refractivity contribution in [2.75, 3.05) is 26.7 Å². The van der Waals surface area contributed by atoms with Crippen LogP contribution in [0.5, 0.6) is 11.5 Å². The number of nitrogens with zero attached hydrogens (tertiary/aromatic N) is 1. The van der Waals surface area contributed by atoms with Gasteiger partial charge in [0.2, 0.25) is 0 Å². The second kappa shape index (κ2) is 15.4. The van der Waals surface area contributed by atoms with Gasteiger partial charge in [-0.15, -0.1) is 0 Å². The summed E-state index contributed by atoms with van der Waals surface area (Å²) in [6.45, 7) is 8.95. The van der Waals surface area contributed by atoms with Gasteiger partial charge < -0.3 is 14.8 Å². The summed E-state index contributed by atoms with van der Waals surface area (Å²) in [6, 6.07) is 2.21. The van der Waals surface area contributed by atoms with Crippen LogP contribution in [0, 0.1) is 0 Å². The summed E-state index contributed by atoms with van der Waals surface area (Å²) in [5, 5.41) is 3.08. The van der Waals surface area contributed by atoms with Gasteiger partial charge in [-0.1, -0.05) is 59.3 Å². The average Bonchev–Trinajstić information content (AvgIpc) is 3.30. The molecule has 1 fully saturated rings. The fourth-order valence-electron chi connectivity index (χ4n) is 4.68. The number of benzene rings is 1. The molecule has 0 radical (unpaired) electrons. The predicted molar refractivity (Wildman–Crippen MR) is 141 cm³/mol. The first-order valence-corrected chi connectivity index (χ1v) is 13.9. The molecule has 1 N–H and O–H groups in total. The smallest absolute Gasteiger partial charge is 0.311 e. The second-order valence-corrected chi connectivity index (χ2v) is 9.94. The highest BCUT2D eigenvalue weighted by Crippen LogP contribution is 2.39. The number of likely N-dealkylation sites (N-methyl/N-ethyl adjacent to an activating group) is 1. The van der Waals surface area contributed by atoms with Crippen molar-refractivity contribution in [3.8, 4) is 11.5 Å². The van der Waals surface area contributed by atoms with Crippen LogP contribution in [0.4, 0.5) is 0 Å². The van der Waals surface area contributed by atoms with Gasteiger partial charge >= 0.3 is 5.97 Å². The minimum Gasteiger partial charge on any atom is -0.495 e. The summed E-state index contributed by atoms with van der Waals surface area (Å²) in [4.78, 5) is 28.5. The fourth-order valence-corrected chi connectivity index (χ4v) is 5.32. The van der Waals surface area contributed by atoms with Crippen molar-refractivity contribution in [2.45, 2.75) is 97.4 Å². The van der Waals surface area contributed by atoms with E-state index in [0.29, 0.717) is 47.0 Å². The van der Waals surface area contributed by atoms with Gasteiger partial charge in [0.15, 0.2) is 5.75 Å². The zero-order valence-corrected chi connectivity index (χ0v) is 23.1. The summed E-state index contributed by atoms with van der Waals surface area (Å²) in [5.74, 6) is 0.156. The number of ether oxygens (including phenoxy) is 2. The van der Waals surface area contributed by atoms with E-state index >= 15 is 0 Å². The molecule has 1 saturated heterocycles. The summed E-state index contributed by atoms with van der Waals surface area (Å²) in [5.41, 5.74) is 1.10. The third kappa shape index (κ3) is 8.26. The Balaban J connectivity index is 2.10. The molecule has 1 aromatic rings. The van der Waals surface area contributed by atoms with Gasteiger partial charge in [-0.2, -0.15) is 0 Å². The topological polar surface area (TPSA) is 67.9 Å². The predicted octanol–water partition coefficient (Wildman–Crippen LogP) is 6.28. The highest BCUT2D eigenvalue weighted by Gasteiger charge is 2.28. The summed E-state index contributed by atoms with van der Waals surface area (Å²) in [6.07, 6.45) is 11.2. The normalized spacial score (nSPS) is 16.0. The van der Waals surface area contributed by atoms with E-state index in [0.717, 1.165) is 50.8 Å². The van der Waals surface area contributed by atoms with E-state index in [1.54, 1.807) is 0 Å². The molecule has 192 valence electrons. The highest BCUT2D eigenvalue weighted by molar-refractivity contribution is 9.10. The van der Waals surface area contributed by atoms with E-state index in [2.05, 4.69) is 40.0 Å². The van der Waals surface area contributed by atoms with Crippen LogP contribution in [0.2, 0.25) is 0 Å². The van der Waals surface area contributed by atoms with Crippen molar-refractivity contribution < 1.29 is 19.1 Å². The van der Waals surface area contributed by atoms with Crippen LogP contribution in [-0.2, 0) is 11.2 Å². The van der Waals surface area contributed by atoms with Gasteiger partial charge in [-0.3, -0.25) is 14.5 Å². The zero-order chi connectivity index (χ0) is 24.9. The molecule has 34 heavy (non-hydrogen) atoms. The zero-order valence-electron chi connectivity index (χ0n) is 21.5. The van der Waals surface area contributed by atoms with Crippen LogP contribution in [0.3, 0.4) is 0 Å². The lowest BCUT2D eigenvalue weighted by atomic mass is 10.0. The Hall–Kier alpha value is -1.60. The fraction of sp³-hybridized carbons (Fsp3) is 0.704. The Bertz CT molecular complexity index is 799. The number of unbranched alkanes of at least 4 members (excludes halogenated alkanes) is 6. The number of nitrogens with one attached hydrogen (secondary N) is 1. The van der Waals surface area contributed by atoms with E-state index in [1.165, 1.54) is 32.8 Å². The molecule has 0 unspecified atom stereocenters. The molecule has 1 aliphatic rings. The van der Waals surface area contributed by atoms with E-state index in [1.807, 2.05) is 13.0 Å². The quantitative estimate of drug-likeness (QED) is 0.161. The van der Waals surface area contributed by atoms with Crippen molar-refractivity contribution in [1.82, 2.24) is 10.2 Å². The number of amides is 1. The Morgan fingerprint density at radius 2 is 1.79 bits per heavy atom. The first kappa shape index (κ1) is 28.6. The maximum Gasteiger partial charge on any atom is 0.311 e. The number of aryl methyl sites for hydroxylation is 1. The van der Waals surface area contributed by atoms with Crippen LogP contribution < -0.4 is 14.8 Å². The van der Waals surface area contributed by atoms with Gasteiger partial charge in [0, 0.05) is 19.0 Å². The molecule has 1 atom stereocenters. The highest BCUT2D eigenvalue weighted by atomic mass is 79.9. The molecule has 0 aliphatic carbocycles. The minimum atomic E-state index is -0.297. The molecule has 6 nitrogen and oxygen atoms in total. The Morgan fingerprint density at radius 3 is 2.44 bits per heavy atom. The van der Waals surface area contributed by atoms with Gasteiger partial charge in [0.05, 0.1) is 11.6 Å². The standard InChI is InChI=1S/C27H43BrN2O4/c1-5-8-9-10-11-12-13-16-23(31)34-25-20(6-2)18-22(28)26(33-4)24(25)27(32)29-19-21-15-14-17-30(21)7-3/h18,21H,5-17,19H2,1-4H3,(H,29,32)/t21-/m0/s1. The number of carbonyl (C=O) groups excluding carboxylic acids is 2. The lowest BCUT2D eigenvalue weighted by Crippen LogP contribution is -2.40. The SMILES string of the molecule is CCCCCCCCCC(=O)Oc1c(CC)cc(Br)c(OC)c1C(=O)NC[C@@H]1CCCN1CC. The maximum atomic E-state index is 13.4. The van der Waals surface area contributed by atoms with Crippen LogP contribution >= 0.6 is 15.9 Å². The monoisotopic (exact) mass is 538 g/mol. The molecule has 7 heteroatoms. The molecule has 1 heterocycles. The van der Waals surface area contributed by atoms with Gasteiger partial charge in [0.25, 0.3) is 5.91 Å². The number of esters is 1. The first-order chi connectivity index (χ1) is 16.5. The summed E-state index contributed by atoms with van der Waals surface area (Å²) in [7, 11) is 1.53. The van der Waals surface area contributed by atoms with Gasteiger partial charge in [-0.25, -0.2) is 0 Å². The lowest BCUT2D eigenvalue weighted by molar-refractivity contribution is -0.134. The maximum absolute atomic E-state index is 13.4. The van der Waals surface area contributed by atoms with E-state index in [9.17, 15) is 9.59 Å². The van der Waals surface area contributed by atoms with E-state index in [-0.39, 0.29) is 11.9 Å². The first-order valence-electron chi connectivity index (χ1n) is 13.1. The average molecular weight is 540 g/mol. The third-order valence-electron chi connectivity index (χ3n) is 6.68. The van der Waals surface area contributed by atoms with Crippen LogP contribution in [0.1, 0.15) is 101 Å². The minimum absolute atomic E-state index is 0.269. The van der Waals surface area contributed by atoms with Crippen molar-refractivity contribution in [3.63, 3.8) is 0 Å². The third-order valence-corrected chi connectivity index (χ3v) is 7.27.